The predicted octanol–water partition coefficient (Wildman–Crippen LogP) is 3.46. The molecule has 16 heavy (non-hydrogen) atoms. The molecular weight excluding hydrogens is 200 g/mol. The van der Waals surface area contributed by atoms with Crippen molar-refractivity contribution in [1.82, 2.24) is 9.97 Å². The zero-order chi connectivity index (χ0) is 10.5. The molecule has 3 heteroatoms. The van der Waals surface area contributed by atoms with E-state index >= 15 is 0 Å². The van der Waals surface area contributed by atoms with Crippen LogP contribution in [0.1, 0.15) is 0 Å². The lowest BCUT2D eigenvalue weighted by molar-refractivity contribution is 0.668. The number of hydrogen-bond donors (Lipinski definition) is 1. The molecule has 0 aliphatic carbocycles. The Morgan fingerprint density at radius 2 is 2.06 bits per heavy atom. The number of furan rings is 1. The van der Waals surface area contributed by atoms with Crippen LogP contribution in [0.15, 0.2) is 47.1 Å². The van der Waals surface area contributed by atoms with E-state index < -0.39 is 0 Å². The smallest absolute Gasteiger partial charge is 0.151 e. The second-order valence-corrected chi connectivity index (χ2v) is 3.83. The van der Waals surface area contributed by atoms with E-state index in [-0.39, 0.29) is 0 Å². The van der Waals surface area contributed by atoms with Gasteiger partial charge in [0.1, 0.15) is 5.58 Å². The maximum absolute atomic E-state index is 5.76. The summed E-state index contributed by atoms with van der Waals surface area (Å²) in [4.78, 5) is 7.61. The molecule has 4 aromatic rings. The number of benzene rings is 1. The fraction of sp³-hybridized carbons (Fsp3) is 0. The van der Waals surface area contributed by atoms with Crippen molar-refractivity contribution in [3.63, 3.8) is 0 Å². The molecule has 0 bridgehead atoms. The van der Waals surface area contributed by atoms with E-state index in [2.05, 4.69) is 9.97 Å². The van der Waals surface area contributed by atoms with Crippen molar-refractivity contribution in [2.45, 2.75) is 0 Å². The van der Waals surface area contributed by atoms with Crippen molar-refractivity contribution in [3.05, 3.63) is 42.7 Å². The van der Waals surface area contributed by atoms with Gasteiger partial charge in [-0.2, -0.15) is 0 Å². The molecule has 3 heterocycles. The molecule has 0 saturated heterocycles. The molecule has 0 aliphatic heterocycles. The highest BCUT2D eigenvalue weighted by atomic mass is 16.3. The van der Waals surface area contributed by atoms with Gasteiger partial charge in [0.2, 0.25) is 0 Å². The Kier molecular flexibility index (Phi) is 1.31. The minimum Gasteiger partial charge on any atom is -0.454 e. The SMILES string of the molecule is c1c[nH]c2c(c1)oc1ccc3ccnc3c12. The fourth-order valence-electron chi connectivity index (χ4n) is 2.20. The van der Waals surface area contributed by atoms with Crippen molar-refractivity contribution < 1.29 is 4.42 Å². The average Bonchev–Trinajstić information content (AvgIpc) is 2.91. The highest BCUT2D eigenvalue weighted by Gasteiger charge is 2.10. The second-order valence-electron chi connectivity index (χ2n) is 3.83. The fourth-order valence-corrected chi connectivity index (χ4v) is 2.20. The van der Waals surface area contributed by atoms with Gasteiger partial charge in [-0.25, -0.2) is 0 Å². The summed E-state index contributed by atoms with van der Waals surface area (Å²) in [5.41, 5.74) is 3.76. The van der Waals surface area contributed by atoms with Gasteiger partial charge in [0.25, 0.3) is 0 Å². The summed E-state index contributed by atoms with van der Waals surface area (Å²) in [7, 11) is 0. The minimum absolute atomic E-state index is 0.869. The molecule has 0 unspecified atom stereocenters. The Labute approximate surface area is 90.7 Å². The summed E-state index contributed by atoms with van der Waals surface area (Å²) < 4.78 is 5.76. The molecule has 0 atom stereocenters. The number of rotatable bonds is 0. The Balaban J connectivity index is 2.42. The standard InChI is InChI=1S/C13H8N2O/c1-2-10-13(14-6-1)11-9(16-10)4-3-8-5-7-15-12(8)11/h1-7,14H. The Morgan fingerprint density at radius 3 is 3.06 bits per heavy atom. The van der Waals surface area contributed by atoms with Gasteiger partial charge in [0, 0.05) is 17.8 Å². The molecule has 1 N–H and O–H groups in total. The van der Waals surface area contributed by atoms with E-state index in [4.69, 9.17) is 4.42 Å². The molecular formula is C13H8N2O. The summed E-state index contributed by atoms with van der Waals surface area (Å²) >= 11 is 0. The van der Waals surface area contributed by atoms with Crippen LogP contribution in [0, 0.1) is 0 Å². The Bertz CT molecular complexity index is 810. The maximum Gasteiger partial charge on any atom is 0.151 e. The lowest BCUT2D eigenvalue weighted by Crippen LogP contribution is -1.74. The highest BCUT2D eigenvalue weighted by Crippen LogP contribution is 2.32. The van der Waals surface area contributed by atoms with Gasteiger partial charge < -0.3 is 9.40 Å². The maximum atomic E-state index is 5.76. The first-order valence-electron chi connectivity index (χ1n) is 5.17. The van der Waals surface area contributed by atoms with Crippen LogP contribution in [-0.4, -0.2) is 9.97 Å². The lowest BCUT2D eigenvalue weighted by atomic mass is 10.1. The molecule has 0 radical (unpaired) electrons. The molecule has 4 rings (SSSR count). The summed E-state index contributed by atoms with van der Waals surface area (Å²) in [6.45, 7) is 0. The van der Waals surface area contributed by atoms with Crippen molar-refractivity contribution in [3.8, 4) is 0 Å². The molecule has 3 nitrogen and oxygen atoms in total. The molecule has 0 spiro atoms. The number of aromatic amines is 1. The Morgan fingerprint density at radius 1 is 1.06 bits per heavy atom. The van der Waals surface area contributed by atoms with Gasteiger partial charge in [-0.1, -0.05) is 0 Å². The number of fused-ring (bicyclic) bond motifs is 5. The third-order valence-electron chi connectivity index (χ3n) is 2.92. The van der Waals surface area contributed by atoms with E-state index in [1.807, 2.05) is 42.7 Å². The number of nitrogens with one attached hydrogen (secondary N) is 1. The summed E-state index contributed by atoms with van der Waals surface area (Å²) in [5.74, 6) is 0. The van der Waals surface area contributed by atoms with Crippen molar-refractivity contribution in [2.75, 3.05) is 0 Å². The zero-order valence-electron chi connectivity index (χ0n) is 8.40. The first-order chi connectivity index (χ1) is 7.93. The van der Waals surface area contributed by atoms with Gasteiger partial charge in [0.05, 0.1) is 16.4 Å². The van der Waals surface area contributed by atoms with Crippen LogP contribution in [0.2, 0.25) is 0 Å². The van der Waals surface area contributed by atoms with Crippen LogP contribution < -0.4 is 0 Å². The quantitative estimate of drug-likeness (QED) is 0.480. The molecule has 0 aliphatic rings. The molecule has 0 amide bonds. The van der Waals surface area contributed by atoms with Gasteiger partial charge in [0.15, 0.2) is 5.58 Å². The summed E-state index contributed by atoms with van der Waals surface area (Å²) in [5, 5.41) is 2.21. The van der Waals surface area contributed by atoms with E-state index in [0.717, 1.165) is 33.0 Å². The van der Waals surface area contributed by atoms with Crippen molar-refractivity contribution in [2.24, 2.45) is 0 Å². The first-order valence-corrected chi connectivity index (χ1v) is 5.17. The Hall–Kier alpha value is -2.29. The normalized spacial score (nSPS) is 11.8. The second kappa shape index (κ2) is 2.64. The molecule has 0 fully saturated rings. The van der Waals surface area contributed by atoms with Crippen LogP contribution in [-0.2, 0) is 0 Å². The van der Waals surface area contributed by atoms with E-state index in [1.54, 1.807) is 0 Å². The van der Waals surface area contributed by atoms with Gasteiger partial charge in [-0.05, 0) is 30.3 Å². The van der Waals surface area contributed by atoms with Crippen LogP contribution in [0.5, 0.6) is 0 Å². The summed E-state index contributed by atoms with van der Waals surface area (Å²) in [6.07, 6.45) is 3.73. The van der Waals surface area contributed by atoms with Crippen molar-refractivity contribution >= 4 is 33.0 Å². The van der Waals surface area contributed by atoms with Crippen LogP contribution in [0.3, 0.4) is 0 Å². The summed E-state index contributed by atoms with van der Waals surface area (Å²) in [6, 6.07) is 9.93. The topological polar surface area (TPSA) is 41.8 Å². The van der Waals surface area contributed by atoms with Gasteiger partial charge >= 0.3 is 0 Å². The highest BCUT2D eigenvalue weighted by molar-refractivity contribution is 6.15. The van der Waals surface area contributed by atoms with Crippen LogP contribution in [0.4, 0.5) is 0 Å². The number of aromatic nitrogens is 2. The molecule has 3 aromatic heterocycles. The number of H-pyrrole nitrogens is 1. The third kappa shape index (κ3) is 0.852. The molecule has 1 aromatic carbocycles. The minimum atomic E-state index is 0.869. The number of pyridine rings is 1. The van der Waals surface area contributed by atoms with E-state index in [9.17, 15) is 0 Å². The number of nitrogens with zero attached hydrogens (tertiary/aromatic N) is 1. The van der Waals surface area contributed by atoms with Gasteiger partial charge in [-0.3, -0.25) is 4.98 Å². The lowest BCUT2D eigenvalue weighted by Gasteiger charge is -1.91. The zero-order valence-corrected chi connectivity index (χ0v) is 8.40. The first kappa shape index (κ1) is 7.93. The van der Waals surface area contributed by atoms with E-state index in [1.165, 1.54) is 0 Å². The van der Waals surface area contributed by atoms with Crippen LogP contribution in [0.25, 0.3) is 33.0 Å². The largest absolute Gasteiger partial charge is 0.454 e. The average molecular weight is 208 g/mol. The van der Waals surface area contributed by atoms with Crippen molar-refractivity contribution in [1.29, 1.82) is 0 Å². The van der Waals surface area contributed by atoms with Crippen LogP contribution >= 0.6 is 0 Å². The predicted molar refractivity (Wildman–Crippen MR) is 63.4 cm³/mol. The van der Waals surface area contributed by atoms with Gasteiger partial charge in [-0.15, -0.1) is 0 Å². The van der Waals surface area contributed by atoms with E-state index in [0.29, 0.717) is 0 Å². The molecule has 76 valence electrons. The third-order valence-corrected chi connectivity index (χ3v) is 2.92. The molecule has 0 saturated carbocycles. The monoisotopic (exact) mass is 208 g/mol. The number of hydrogen-bond acceptors (Lipinski definition) is 2.